The lowest BCUT2D eigenvalue weighted by Crippen LogP contribution is -2.45. The van der Waals surface area contributed by atoms with Crippen molar-refractivity contribution >= 4 is 11.8 Å². The molecule has 1 aromatic rings. The van der Waals surface area contributed by atoms with Gasteiger partial charge in [0.2, 0.25) is 11.8 Å². The predicted molar refractivity (Wildman–Crippen MR) is 74.9 cm³/mol. The summed E-state index contributed by atoms with van der Waals surface area (Å²) in [7, 11) is 0. The maximum atomic E-state index is 12.2. The largest absolute Gasteiger partial charge is 0.464 e. The molecule has 1 aliphatic heterocycles. The van der Waals surface area contributed by atoms with E-state index < -0.39 is 0 Å². The molecule has 5 nitrogen and oxygen atoms in total. The standard InChI is InChI=1S/C15H22N2O3/c1-10(2)8-16-15(19)13-6-7-14(18)17(13)9-12-5-4-11(3)20-12/h4-5,10,13H,6-9H2,1-3H3,(H,16,19)/t13-/m0/s1. The highest BCUT2D eigenvalue weighted by Crippen LogP contribution is 2.22. The number of nitrogens with zero attached hydrogens (tertiary/aromatic N) is 1. The molecule has 1 aliphatic rings. The molecular weight excluding hydrogens is 256 g/mol. The second-order valence-electron chi connectivity index (χ2n) is 5.73. The minimum absolute atomic E-state index is 0.0174. The second-order valence-corrected chi connectivity index (χ2v) is 5.73. The number of carbonyl (C=O) groups excluding carboxylic acids is 2. The van der Waals surface area contributed by atoms with Gasteiger partial charge in [0.1, 0.15) is 17.6 Å². The molecule has 1 atom stereocenters. The van der Waals surface area contributed by atoms with E-state index in [-0.39, 0.29) is 17.9 Å². The van der Waals surface area contributed by atoms with Gasteiger partial charge in [0.25, 0.3) is 0 Å². The molecule has 1 aromatic heterocycles. The van der Waals surface area contributed by atoms with Crippen LogP contribution in [-0.2, 0) is 16.1 Å². The van der Waals surface area contributed by atoms with Gasteiger partial charge in [-0.25, -0.2) is 0 Å². The Hall–Kier alpha value is -1.78. The van der Waals surface area contributed by atoms with E-state index >= 15 is 0 Å². The van der Waals surface area contributed by atoms with E-state index in [4.69, 9.17) is 4.42 Å². The van der Waals surface area contributed by atoms with Crippen molar-refractivity contribution in [2.45, 2.75) is 46.2 Å². The number of nitrogens with one attached hydrogen (secondary N) is 1. The van der Waals surface area contributed by atoms with Crippen LogP contribution in [0.1, 0.15) is 38.2 Å². The van der Waals surface area contributed by atoms with Crippen molar-refractivity contribution in [1.29, 1.82) is 0 Å². The molecule has 2 rings (SSSR count). The Balaban J connectivity index is 2.00. The zero-order chi connectivity index (χ0) is 14.7. The van der Waals surface area contributed by atoms with Crippen molar-refractivity contribution in [3.05, 3.63) is 23.7 Å². The highest BCUT2D eigenvalue weighted by molar-refractivity contribution is 5.90. The number of furan rings is 1. The predicted octanol–water partition coefficient (Wildman–Crippen LogP) is 1.85. The Labute approximate surface area is 119 Å². The molecule has 0 saturated carbocycles. The summed E-state index contributed by atoms with van der Waals surface area (Å²) >= 11 is 0. The molecule has 2 heterocycles. The van der Waals surface area contributed by atoms with Gasteiger partial charge in [-0.2, -0.15) is 0 Å². The molecule has 0 bridgehead atoms. The van der Waals surface area contributed by atoms with Crippen molar-refractivity contribution in [2.24, 2.45) is 5.92 Å². The van der Waals surface area contributed by atoms with Gasteiger partial charge in [0, 0.05) is 13.0 Å². The molecule has 20 heavy (non-hydrogen) atoms. The quantitative estimate of drug-likeness (QED) is 0.894. The van der Waals surface area contributed by atoms with Gasteiger partial charge in [-0.05, 0) is 31.4 Å². The van der Waals surface area contributed by atoms with Crippen LogP contribution >= 0.6 is 0 Å². The summed E-state index contributed by atoms with van der Waals surface area (Å²) in [5, 5.41) is 2.90. The first-order chi connectivity index (χ1) is 9.47. The summed E-state index contributed by atoms with van der Waals surface area (Å²) in [6, 6.07) is 3.35. The van der Waals surface area contributed by atoms with Crippen LogP contribution in [0.25, 0.3) is 0 Å². The molecule has 0 aliphatic carbocycles. The average Bonchev–Trinajstić information content (AvgIpc) is 2.95. The third-order valence-corrected chi connectivity index (χ3v) is 3.44. The van der Waals surface area contributed by atoms with Gasteiger partial charge in [0.15, 0.2) is 0 Å². The minimum atomic E-state index is -0.369. The van der Waals surface area contributed by atoms with Crippen LogP contribution in [0, 0.1) is 12.8 Å². The Morgan fingerprint density at radius 3 is 2.85 bits per heavy atom. The van der Waals surface area contributed by atoms with Crippen molar-refractivity contribution in [2.75, 3.05) is 6.54 Å². The molecule has 0 radical (unpaired) electrons. The first-order valence-corrected chi connectivity index (χ1v) is 7.10. The fourth-order valence-corrected chi connectivity index (χ4v) is 2.36. The Morgan fingerprint density at radius 2 is 2.25 bits per heavy atom. The smallest absolute Gasteiger partial charge is 0.242 e. The molecule has 5 heteroatoms. The number of carbonyl (C=O) groups is 2. The van der Waals surface area contributed by atoms with E-state index in [0.29, 0.717) is 31.8 Å². The summed E-state index contributed by atoms with van der Waals surface area (Å²) in [6.07, 6.45) is 1.02. The minimum Gasteiger partial charge on any atom is -0.464 e. The van der Waals surface area contributed by atoms with Crippen LogP contribution in [0.3, 0.4) is 0 Å². The highest BCUT2D eigenvalue weighted by Gasteiger charge is 2.36. The van der Waals surface area contributed by atoms with E-state index in [1.165, 1.54) is 0 Å². The highest BCUT2D eigenvalue weighted by atomic mass is 16.3. The van der Waals surface area contributed by atoms with Crippen LogP contribution in [0.4, 0.5) is 0 Å². The van der Waals surface area contributed by atoms with Crippen molar-refractivity contribution in [3.8, 4) is 0 Å². The molecule has 2 amide bonds. The zero-order valence-corrected chi connectivity index (χ0v) is 12.3. The van der Waals surface area contributed by atoms with Gasteiger partial charge < -0.3 is 14.6 Å². The van der Waals surface area contributed by atoms with E-state index in [9.17, 15) is 9.59 Å². The molecule has 1 N–H and O–H groups in total. The lowest BCUT2D eigenvalue weighted by atomic mass is 10.2. The summed E-state index contributed by atoms with van der Waals surface area (Å²) < 4.78 is 5.49. The van der Waals surface area contributed by atoms with Crippen LogP contribution in [0.2, 0.25) is 0 Å². The fraction of sp³-hybridized carbons (Fsp3) is 0.600. The van der Waals surface area contributed by atoms with Gasteiger partial charge in [-0.15, -0.1) is 0 Å². The number of likely N-dealkylation sites (tertiary alicyclic amines) is 1. The number of hydrogen-bond acceptors (Lipinski definition) is 3. The lowest BCUT2D eigenvalue weighted by Gasteiger charge is -2.23. The van der Waals surface area contributed by atoms with Gasteiger partial charge in [-0.3, -0.25) is 9.59 Å². The van der Waals surface area contributed by atoms with Crippen molar-refractivity contribution in [3.63, 3.8) is 0 Å². The van der Waals surface area contributed by atoms with Gasteiger partial charge in [0.05, 0.1) is 6.54 Å². The van der Waals surface area contributed by atoms with E-state index in [1.54, 1.807) is 4.90 Å². The molecule has 110 valence electrons. The van der Waals surface area contributed by atoms with E-state index in [1.807, 2.05) is 32.9 Å². The normalized spacial score (nSPS) is 18.9. The maximum Gasteiger partial charge on any atom is 0.242 e. The third-order valence-electron chi connectivity index (χ3n) is 3.44. The van der Waals surface area contributed by atoms with Crippen molar-refractivity contribution < 1.29 is 14.0 Å². The van der Waals surface area contributed by atoms with Crippen molar-refractivity contribution in [1.82, 2.24) is 10.2 Å². The summed E-state index contributed by atoms with van der Waals surface area (Å²) in [6.45, 7) is 6.96. The van der Waals surface area contributed by atoms with E-state index in [0.717, 1.165) is 11.5 Å². The Bertz CT molecular complexity index is 493. The Kier molecular flexibility index (Phi) is 4.47. The summed E-state index contributed by atoms with van der Waals surface area (Å²) in [5.74, 6) is 1.89. The zero-order valence-electron chi connectivity index (χ0n) is 12.3. The number of hydrogen-bond donors (Lipinski definition) is 1. The summed E-state index contributed by atoms with van der Waals surface area (Å²) in [5.41, 5.74) is 0. The Morgan fingerprint density at radius 1 is 1.50 bits per heavy atom. The topological polar surface area (TPSA) is 62.6 Å². The molecule has 1 fully saturated rings. The van der Waals surface area contributed by atoms with E-state index in [2.05, 4.69) is 5.32 Å². The third kappa shape index (κ3) is 3.40. The maximum absolute atomic E-state index is 12.2. The molecule has 1 saturated heterocycles. The lowest BCUT2D eigenvalue weighted by molar-refractivity contribution is -0.136. The molecular formula is C15H22N2O3. The first-order valence-electron chi connectivity index (χ1n) is 7.10. The van der Waals surface area contributed by atoms with Crippen LogP contribution in [0.5, 0.6) is 0 Å². The number of rotatable bonds is 5. The number of amides is 2. The SMILES string of the molecule is Cc1ccc(CN2C(=O)CC[C@H]2C(=O)NCC(C)C)o1. The molecule has 0 spiro atoms. The van der Waals surface area contributed by atoms with Crippen LogP contribution in [-0.4, -0.2) is 29.3 Å². The summed E-state index contributed by atoms with van der Waals surface area (Å²) in [4.78, 5) is 25.7. The monoisotopic (exact) mass is 278 g/mol. The molecule has 0 unspecified atom stereocenters. The van der Waals surface area contributed by atoms with Crippen LogP contribution < -0.4 is 5.32 Å². The average molecular weight is 278 g/mol. The first kappa shape index (κ1) is 14.6. The fourth-order valence-electron chi connectivity index (χ4n) is 2.36. The second kappa shape index (κ2) is 6.11. The number of aryl methyl sites for hydroxylation is 1. The van der Waals surface area contributed by atoms with Crippen LogP contribution in [0.15, 0.2) is 16.5 Å². The van der Waals surface area contributed by atoms with Gasteiger partial charge >= 0.3 is 0 Å². The molecule has 0 aromatic carbocycles. The van der Waals surface area contributed by atoms with Gasteiger partial charge in [-0.1, -0.05) is 13.8 Å².